The van der Waals surface area contributed by atoms with E-state index in [4.69, 9.17) is 11.6 Å². The van der Waals surface area contributed by atoms with E-state index in [0.717, 1.165) is 29.5 Å². The number of hydrogen-bond acceptors (Lipinski definition) is 2. The average Bonchev–Trinajstić information content (AvgIpc) is 2.33. The highest BCUT2D eigenvalue weighted by atomic mass is 79.9. The number of piperidine rings is 1. The van der Waals surface area contributed by atoms with E-state index in [2.05, 4.69) is 40.4 Å². The summed E-state index contributed by atoms with van der Waals surface area (Å²) in [5.41, 5.74) is 0.732. The van der Waals surface area contributed by atoms with Gasteiger partial charge in [0.15, 0.2) is 0 Å². The molecule has 1 aliphatic rings. The lowest BCUT2D eigenvalue weighted by molar-refractivity contribution is -0.121. The molecular weight excluding hydrogens is 328 g/mol. The van der Waals surface area contributed by atoms with Crippen LogP contribution in [-0.4, -0.2) is 18.5 Å². The highest BCUT2D eigenvalue weighted by molar-refractivity contribution is 9.10. The maximum absolute atomic E-state index is 12.4. The van der Waals surface area contributed by atoms with Crippen LogP contribution >= 0.6 is 27.5 Å². The first kappa shape index (κ1) is 14.8. The maximum Gasteiger partial charge on any atom is 0.242 e. The van der Waals surface area contributed by atoms with Crippen molar-refractivity contribution in [3.8, 4) is 0 Å². The van der Waals surface area contributed by atoms with Crippen molar-refractivity contribution >= 4 is 39.1 Å². The summed E-state index contributed by atoms with van der Waals surface area (Å²) < 4.78 is 0.780. The molecule has 1 aromatic carbocycles. The van der Waals surface area contributed by atoms with Crippen molar-refractivity contribution in [2.75, 3.05) is 11.9 Å². The van der Waals surface area contributed by atoms with Gasteiger partial charge in [0, 0.05) is 10.2 Å². The Balaban J connectivity index is 2.09. The Hall–Kier alpha value is -0.580. The van der Waals surface area contributed by atoms with E-state index in [0.29, 0.717) is 5.02 Å². The molecule has 19 heavy (non-hydrogen) atoms. The Morgan fingerprint density at radius 1 is 1.53 bits per heavy atom. The van der Waals surface area contributed by atoms with E-state index in [9.17, 15) is 4.79 Å². The van der Waals surface area contributed by atoms with Gasteiger partial charge in [0.25, 0.3) is 0 Å². The molecule has 0 aliphatic carbocycles. The highest BCUT2D eigenvalue weighted by Crippen LogP contribution is 2.31. The van der Waals surface area contributed by atoms with Crippen LogP contribution in [0.15, 0.2) is 22.7 Å². The standard InChI is InChI=1S/C14H18BrClN2O/c1-14(2)6-3-7-17-12(14)13(19)18-9-4-5-11(16)10(15)8-9/h4-5,8,12,17H,3,6-7H2,1-2H3,(H,18,19). The SMILES string of the molecule is CC1(C)CCCNC1C(=O)Nc1ccc(Cl)c(Br)c1. The second-order valence-corrected chi connectivity index (χ2v) is 6.86. The molecule has 0 bridgehead atoms. The molecule has 1 unspecified atom stereocenters. The third kappa shape index (κ3) is 3.50. The molecule has 1 atom stereocenters. The quantitative estimate of drug-likeness (QED) is 0.855. The lowest BCUT2D eigenvalue weighted by Gasteiger charge is -2.38. The van der Waals surface area contributed by atoms with Gasteiger partial charge in [0.1, 0.15) is 0 Å². The van der Waals surface area contributed by atoms with Crippen LogP contribution in [0.25, 0.3) is 0 Å². The molecule has 2 N–H and O–H groups in total. The van der Waals surface area contributed by atoms with Crippen LogP contribution in [0.2, 0.25) is 5.02 Å². The number of carbonyl (C=O) groups excluding carboxylic acids is 1. The zero-order chi connectivity index (χ0) is 14.0. The summed E-state index contributed by atoms with van der Waals surface area (Å²) in [4.78, 5) is 12.4. The molecule has 1 aliphatic heterocycles. The normalized spacial score (nSPS) is 22.0. The van der Waals surface area contributed by atoms with Crippen molar-refractivity contribution in [1.82, 2.24) is 5.32 Å². The number of amides is 1. The Bertz CT molecular complexity index is 490. The van der Waals surface area contributed by atoms with E-state index in [1.54, 1.807) is 12.1 Å². The van der Waals surface area contributed by atoms with Gasteiger partial charge < -0.3 is 10.6 Å². The maximum atomic E-state index is 12.4. The van der Waals surface area contributed by atoms with Crippen LogP contribution in [0.1, 0.15) is 26.7 Å². The fourth-order valence-electron chi connectivity index (χ4n) is 2.45. The summed E-state index contributed by atoms with van der Waals surface area (Å²) in [6.07, 6.45) is 2.17. The van der Waals surface area contributed by atoms with E-state index in [-0.39, 0.29) is 17.4 Å². The first-order chi connectivity index (χ1) is 8.90. The summed E-state index contributed by atoms with van der Waals surface area (Å²) in [5.74, 6) is 0.0129. The first-order valence-corrected chi connectivity index (χ1v) is 7.56. The van der Waals surface area contributed by atoms with Gasteiger partial charge in [-0.3, -0.25) is 4.79 Å². The second kappa shape index (κ2) is 5.81. The van der Waals surface area contributed by atoms with Crippen LogP contribution in [0.4, 0.5) is 5.69 Å². The van der Waals surface area contributed by atoms with Crippen molar-refractivity contribution in [1.29, 1.82) is 0 Å². The third-order valence-electron chi connectivity index (χ3n) is 3.58. The Kier molecular flexibility index (Phi) is 4.54. The number of halogens is 2. The highest BCUT2D eigenvalue weighted by Gasteiger charge is 2.37. The monoisotopic (exact) mass is 344 g/mol. The van der Waals surface area contributed by atoms with Gasteiger partial charge in [-0.25, -0.2) is 0 Å². The zero-order valence-electron chi connectivity index (χ0n) is 11.1. The molecule has 0 aromatic heterocycles. The number of benzene rings is 1. The third-order valence-corrected chi connectivity index (χ3v) is 4.79. The van der Waals surface area contributed by atoms with Crippen LogP contribution in [-0.2, 0) is 4.79 Å². The fourth-order valence-corrected chi connectivity index (χ4v) is 2.94. The van der Waals surface area contributed by atoms with E-state index in [1.807, 2.05) is 6.07 Å². The van der Waals surface area contributed by atoms with Crippen LogP contribution in [0.5, 0.6) is 0 Å². The number of anilines is 1. The molecule has 5 heteroatoms. The number of rotatable bonds is 2. The van der Waals surface area contributed by atoms with Crippen LogP contribution in [0, 0.1) is 5.41 Å². The summed E-state index contributed by atoms with van der Waals surface area (Å²) >= 11 is 9.29. The van der Waals surface area contributed by atoms with Gasteiger partial charge in [0.05, 0.1) is 11.1 Å². The largest absolute Gasteiger partial charge is 0.325 e. The van der Waals surface area contributed by atoms with Crippen molar-refractivity contribution in [2.45, 2.75) is 32.7 Å². The van der Waals surface area contributed by atoms with Crippen molar-refractivity contribution in [3.05, 3.63) is 27.7 Å². The molecule has 0 spiro atoms. The predicted octanol–water partition coefficient (Wildman–Crippen LogP) is 3.82. The fraction of sp³-hybridized carbons (Fsp3) is 0.500. The molecule has 1 amide bonds. The van der Waals surface area contributed by atoms with Crippen LogP contribution in [0.3, 0.4) is 0 Å². The molecule has 3 nitrogen and oxygen atoms in total. The van der Waals surface area contributed by atoms with Crippen molar-refractivity contribution in [3.63, 3.8) is 0 Å². The summed E-state index contributed by atoms with van der Waals surface area (Å²) in [5, 5.41) is 6.88. The molecule has 1 heterocycles. The Labute approximate surface area is 127 Å². The van der Waals surface area contributed by atoms with E-state index < -0.39 is 0 Å². The predicted molar refractivity (Wildman–Crippen MR) is 82.6 cm³/mol. The van der Waals surface area contributed by atoms with Crippen LogP contribution < -0.4 is 10.6 Å². The second-order valence-electron chi connectivity index (χ2n) is 5.60. The lowest BCUT2D eigenvalue weighted by Crippen LogP contribution is -2.53. The zero-order valence-corrected chi connectivity index (χ0v) is 13.4. The van der Waals surface area contributed by atoms with Gasteiger partial charge in [0.2, 0.25) is 5.91 Å². The minimum absolute atomic E-state index is 0.0129. The molecule has 1 fully saturated rings. The minimum atomic E-state index is -0.157. The molecule has 104 valence electrons. The molecule has 1 saturated heterocycles. The van der Waals surface area contributed by atoms with Gasteiger partial charge in [-0.1, -0.05) is 25.4 Å². The molecular formula is C14H18BrClN2O. The number of hydrogen-bond donors (Lipinski definition) is 2. The smallest absolute Gasteiger partial charge is 0.242 e. The lowest BCUT2D eigenvalue weighted by atomic mass is 9.77. The first-order valence-electron chi connectivity index (χ1n) is 6.39. The van der Waals surface area contributed by atoms with Crippen molar-refractivity contribution < 1.29 is 4.79 Å². The van der Waals surface area contributed by atoms with Gasteiger partial charge in [-0.2, -0.15) is 0 Å². The van der Waals surface area contributed by atoms with Gasteiger partial charge >= 0.3 is 0 Å². The Morgan fingerprint density at radius 3 is 2.89 bits per heavy atom. The number of nitrogens with one attached hydrogen (secondary N) is 2. The summed E-state index contributed by atoms with van der Waals surface area (Å²) in [7, 11) is 0. The molecule has 0 saturated carbocycles. The molecule has 0 radical (unpaired) electrons. The Morgan fingerprint density at radius 2 is 2.26 bits per heavy atom. The minimum Gasteiger partial charge on any atom is -0.325 e. The molecule has 1 aromatic rings. The summed E-state index contributed by atoms with van der Waals surface area (Å²) in [6, 6.07) is 5.23. The molecule has 2 rings (SSSR count). The summed E-state index contributed by atoms with van der Waals surface area (Å²) in [6.45, 7) is 5.15. The average molecular weight is 346 g/mol. The van der Waals surface area contributed by atoms with Gasteiger partial charge in [-0.15, -0.1) is 0 Å². The van der Waals surface area contributed by atoms with Crippen molar-refractivity contribution in [2.24, 2.45) is 5.41 Å². The number of carbonyl (C=O) groups is 1. The van der Waals surface area contributed by atoms with Gasteiger partial charge in [-0.05, 0) is 58.9 Å². The van der Waals surface area contributed by atoms with E-state index >= 15 is 0 Å². The topological polar surface area (TPSA) is 41.1 Å². The van der Waals surface area contributed by atoms with E-state index in [1.165, 1.54) is 0 Å².